The lowest BCUT2D eigenvalue weighted by Gasteiger charge is -2.12. The lowest BCUT2D eigenvalue weighted by atomic mass is 10.0. The van der Waals surface area contributed by atoms with Crippen molar-refractivity contribution in [2.45, 2.75) is 43.6 Å². The second-order valence-corrected chi connectivity index (χ2v) is 10.9. The Morgan fingerprint density at radius 2 is 1.76 bits per heavy atom. The predicted molar refractivity (Wildman–Crippen MR) is 143 cm³/mol. The van der Waals surface area contributed by atoms with Crippen molar-refractivity contribution >= 4 is 40.8 Å². The molecule has 0 radical (unpaired) electrons. The van der Waals surface area contributed by atoms with E-state index in [1.54, 1.807) is 36.4 Å². The maximum atomic E-state index is 15.2. The van der Waals surface area contributed by atoms with E-state index in [0.717, 1.165) is 24.8 Å². The molecule has 1 N–H and O–H groups in total. The number of carbonyl (C=O) groups is 1. The summed E-state index contributed by atoms with van der Waals surface area (Å²) < 4.78 is 26.8. The van der Waals surface area contributed by atoms with E-state index < -0.39 is 11.8 Å². The van der Waals surface area contributed by atoms with Crippen LogP contribution in [0.2, 0.25) is 15.1 Å². The van der Waals surface area contributed by atoms with Crippen LogP contribution in [-0.2, 0) is 6.61 Å². The van der Waals surface area contributed by atoms with Gasteiger partial charge in [0.2, 0.25) is 0 Å². The topological polar surface area (TPSA) is 72.6 Å². The van der Waals surface area contributed by atoms with Gasteiger partial charge < -0.3 is 14.4 Å². The van der Waals surface area contributed by atoms with E-state index in [1.165, 1.54) is 12.1 Å². The molecule has 2 fully saturated rings. The minimum atomic E-state index is -0.979. The van der Waals surface area contributed by atoms with Crippen molar-refractivity contribution in [3.63, 3.8) is 0 Å². The highest BCUT2D eigenvalue weighted by Crippen LogP contribution is 2.56. The minimum absolute atomic E-state index is 0.00334. The van der Waals surface area contributed by atoms with Crippen LogP contribution in [0, 0.1) is 5.82 Å². The van der Waals surface area contributed by atoms with Crippen LogP contribution in [0.25, 0.3) is 11.3 Å². The summed E-state index contributed by atoms with van der Waals surface area (Å²) in [6.45, 7) is 0.00679. The molecule has 3 aromatic carbocycles. The summed E-state index contributed by atoms with van der Waals surface area (Å²) in [6, 6.07) is 14.9. The molecule has 2 aliphatic carbocycles. The van der Waals surface area contributed by atoms with Crippen LogP contribution in [-0.4, -0.2) is 16.2 Å². The lowest BCUT2D eigenvalue weighted by Crippen LogP contribution is -2.02. The first-order chi connectivity index (χ1) is 18.3. The number of ether oxygens (including phenoxy) is 1. The molecular weight excluding hydrogens is 552 g/mol. The lowest BCUT2D eigenvalue weighted by molar-refractivity contribution is 0.0696. The first-order valence-electron chi connectivity index (χ1n) is 12.2. The monoisotopic (exact) mass is 571 g/mol. The maximum Gasteiger partial charge on any atom is 0.335 e. The predicted octanol–water partition coefficient (Wildman–Crippen LogP) is 8.87. The zero-order valence-corrected chi connectivity index (χ0v) is 22.2. The molecule has 38 heavy (non-hydrogen) atoms. The highest BCUT2D eigenvalue weighted by atomic mass is 35.5. The third-order valence-corrected chi connectivity index (χ3v) is 8.10. The molecule has 2 unspecified atom stereocenters. The van der Waals surface area contributed by atoms with Crippen LogP contribution in [0.3, 0.4) is 0 Å². The van der Waals surface area contributed by atoms with E-state index in [1.807, 2.05) is 6.07 Å². The summed E-state index contributed by atoms with van der Waals surface area (Å²) in [5, 5.41) is 14.8. The van der Waals surface area contributed by atoms with Crippen LogP contribution in [0.4, 0.5) is 4.39 Å². The van der Waals surface area contributed by atoms with Gasteiger partial charge in [0.15, 0.2) is 11.6 Å². The Morgan fingerprint density at radius 3 is 2.47 bits per heavy atom. The van der Waals surface area contributed by atoms with E-state index in [9.17, 15) is 9.90 Å². The molecule has 2 aliphatic rings. The molecule has 6 rings (SSSR count). The minimum Gasteiger partial charge on any atom is -0.486 e. The molecule has 194 valence electrons. The molecule has 0 saturated heterocycles. The number of hydrogen-bond donors (Lipinski definition) is 1. The Bertz CT molecular complexity index is 1550. The number of hydrogen-bond acceptors (Lipinski definition) is 4. The molecule has 0 aliphatic heterocycles. The van der Waals surface area contributed by atoms with E-state index in [-0.39, 0.29) is 35.7 Å². The fourth-order valence-electron chi connectivity index (χ4n) is 4.95. The molecule has 1 heterocycles. The number of carboxylic acid groups (broad SMARTS) is 1. The average Bonchev–Trinajstić information content (AvgIpc) is 3.82. The quantitative estimate of drug-likeness (QED) is 0.228. The zero-order chi connectivity index (χ0) is 26.6. The Balaban J connectivity index is 1.24. The summed E-state index contributed by atoms with van der Waals surface area (Å²) in [5.74, 6) is -0.476. The molecule has 0 spiro atoms. The van der Waals surface area contributed by atoms with Gasteiger partial charge in [-0.25, -0.2) is 9.18 Å². The Hall–Kier alpha value is -3.06. The molecule has 2 atom stereocenters. The van der Waals surface area contributed by atoms with Crippen molar-refractivity contribution in [2.24, 2.45) is 0 Å². The average molecular weight is 573 g/mol. The number of nitrogens with zero attached hydrogens (tertiary/aromatic N) is 1. The molecule has 0 bridgehead atoms. The van der Waals surface area contributed by atoms with Gasteiger partial charge in [0.1, 0.15) is 18.1 Å². The summed E-state index contributed by atoms with van der Waals surface area (Å²) in [5.41, 5.74) is 3.52. The van der Waals surface area contributed by atoms with Crippen LogP contribution in [0.1, 0.15) is 69.8 Å². The molecule has 2 saturated carbocycles. The van der Waals surface area contributed by atoms with Gasteiger partial charge in [-0.15, -0.1) is 0 Å². The van der Waals surface area contributed by atoms with E-state index in [0.29, 0.717) is 43.2 Å². The Morgan fingerprint density at radius 1 is 1.03 bits per heavy atom. The number of carboxylic acids is 1. The van der Waals surface area contributed by atoms with Gasteiger partial charge in [-0.05, 0) is 72.6 Å². The van der Waals surface area contributed by atoms with Crippen molar-refractivity contribution in [2.75, 3.05) is 0 Å². The van der Waals surface area contributed by atoms with Gasteiger partial charge in [0.25, 0.3) is 0 Å². The number of benzene rings is 3. The van der Waals surface area contributed by atoms with E-state index in [4.69, 9.17) is 44.1 Å². The highest BCUT2D eigenvalue weighted by Gasteiger charge is 2.41. The summed E-state index contributed by atoms with van der Waals surface area (Å²) in [6.07, 6.45) is 2.71. The van der Waals surface area contributed by atoms with Gasteiger partial charge in [-0.1, -0.05) is 58.2 Å². The second kappa shape index (κ2) is 9.92. The number of aromatic carboxylic acids is 1. The highest BCUT2D eigenvalue weighted by molar-refractivity contribution is 6.39. The largest absolute Gasteiger partial charge is 0.486 e. The summed E-state index contributed by atoms with van der Waals surface area (Å²) >= 11 is 19.4. The molecule has 1 aromatic heterocycles. The van der Waals surface area contributed by atoms with Crippen LogP contribution in [0.15, 0.2) is 59.1 Å². The van der Waals surface area contributed by atoms with Gasteiger partial charge in [0, 0.05) is 22.6 Å². The number of halogens is 4. The van der Waals surface area contributed by atoms with Gasteiger partial charge in [-0.3, -0.25) is 0 Å². The smallest absolute Gasteiger partial charge is 0.335 e. The van der Waals surface area contributed by atoms with E-state index in [2.05, 4.69) is 5.16 Å². The molecule has 4 aromatic rings. The normalized spacial score (nSPS) is 18.4. The van der Waals surface area contributed by atoms with E-state index >= 15 is 4.39 Å². The fraction of sp³-hybridized carbons (Fsp3) is 0.241. The Kier molecular flexibility index (Phi) is 6.58. The zero-order valence-electron chi connectivity index (χ0n) is 19.9. The van der Waals surface area contributed by atoms with Gasteiger partial charge in [-0.2, -0.15) is 0 Å². The van der Waals surface area contributed by atoms with Gasteiger partial charge in [0.05, 0.1) is 21.2 Å². The summed E-state index contributed by atoms with van der Waals surface area (Å²) in [7, 11) is 0. The van der Waals surface area contributed by atoms with Crippen LogP contribution in [0.5, 0.6) is 5.75 Å². The SMILES string of the molecule is O=C(O)c1cccc(C2CC2c2cc(F)c(OCc3c(-c4c(Cl)cccc4Cl)noc3C3CC3)cc2Cl)c1. The third-order valence-electron chi connectivity index (χ3n) is 7.14. The standard InChI is InChI=1S/C29H21Cl3FNO4/c30-21-5-2-6-22(31)26(21)27-20(28(38-34-27)14-7-8-14)13-37-25-12-23(32)19(11-24(25)33)18-10-17(18)15-3-1-4-16(9-15)29(35)36/h1-6,9,11-12,14,17-18H,7-8,10,13H2,(H,35,36). The summed E-state index contributed by atoms with van der Waals surface area (Å²) in [4.78, 5) is 11.3. The van der Waals surface area contributed by atoms with Crippen molar-refractivity contribution < 1.29 is 23.6 Å². The second-order valence-electron chi connectivity index (χ2n) is 9.72. The Labute approximate surface area is 233 Å². The first kappa shape index (κ1) is 25.2. The van der Waals surface area contributed by atoms with Crippen molar-refractivity contribution in [3.8, 4) is 17.0 Å². The molecule has 0 amide bonds. The third kappa shape index (κ3) is 4.77. The molecule has 9 heteroatoms. The van der Waals surface area contributed by atoms with Crippen LogP contribution < -0.4 is 4.74 Å². The van der Waals surface area contributed by atoms with Crippen molar-refractivity contribution in [3.05, 3.63) is 103 Å². The number of aromatic nitrogens is 1. The maximum absolute atomic E-state index is 15.2. The number of rotatable bonds is 8. The molecule has 5 nitrogen and oxygen atoms in total. The fourth-order valence-corrected chi connectivity index (χ4v) is 5.82. The molecular formula is C29H21Cl3FNO4. The van der Waals surface area contributed by atoms with Crippen LogP contribution >= 0.6 is 34.8 Å². The van der Waals surface area contributed by atoms with Crippen molar-refractivity contribution in [1.82, 2.24) is 5.16 Å². The van der Waals surface area contributed by atoms with Crippen molar-refractivity contribution in [1.29, 1.82) is 0 Å². The first-order valence-corrected chi connectivity index (χ1v) is 13.3. The van der Waals surface area contributed by atoms with Gasteiger partial charge >= 0.3 is 5.97 Å².